The van der Waals surface area contributed by atoms with E-state index in [0.29, 0.717) is 50.5 Å². The van der Waals surface area contributed by atoms with Gasteiger partial charge in [-0.1, -0.05) is 6.92 Å². The Hall–Kier alpha value is -1.60. The van der Waals surface area contributed by atoms with Crippen LogP contribution < -0.4 is 15.2 Å². The Labute approximate surface area is 119 Å². The molecule has 1 heterocycles. The monoisotopic (exact) mass is 285 g/mol. The standard InChI is InChI=1S/C13H23N3O4/c1-3-5-19-12-11(14)13(16-10-15-12)20-9-8-18-7-4-6-17-2/h10H,3-9,14H2,1-2H3. The number of nitrogens with two attached hydrogens (primary N) is 1. The largest absolute Gasteiger partial charge is 0.476 e. The van der Waals surface area contributed by atoms with E-state index in [1.54, 1.807) is 7.11 Å². The molecule has 0 aliphatic heterocycles. The number of hydrogen-bond donors (Lipinski definition) is 1. The van der Waals surface area contributed by atoms with Crippen LogP contribution in [-0.2, 0) is 9.47 Å². The SMILES string of the molecule is CCCOc1ncnc(OCCOCCCOC)c1N. The Morgan fingerprint density at radius 2 is 1.70 bits per heavy atom. The lowest BCUT2D eigenvalue weighted by molar-refractivity contribution is 0.0796. The van der Waals surface area contributed by atoms with Crippen LogP contribution in [0.3, 0.4) is 0 Å². The van der Waals surface area contributed by atoms with Crippen LogP contribution in [0.4, 0.5) is 5.69 Å². The molecule has 0 amide bonds. The first-order valence-corrected chi connectivity index (χ1v) is 6.72. The lowest BCUT2D eigenvalue weighted by atomic mass is 10.5. The van der Waals surface area contributed by atoms with Crippen LogP contribution in [0.25, 0.3) is 0 Å². The molecule has 0 aliphatic rings. The molecule has 7 nitrogen and oxygen atoms in total. The fourth-order valence-corrected chi connectivity index (χ4v) is 1.40. The van der Waals surface area contributed by atoms with Crippen molar-refractivity contribution >= 4 is 5.69 Å². The molecule has 0 saturated carbocycles. The molecule has 0 fully saturated rings. The molecule has 20 heavy (non-hydrogen) atoms. The lowest BCUT2D eigenvalue weighted by Gasteiger charge is -2.11. The molecule has 0 saturated heterocycles. The van der Waals surface area contributed by atoms with E-state index in [9.17, 15) is 0 Å². The second-order valence-corrected chi connectivity index (χ2v) is 4.05. The van der Waals surface area contributed by atoms with Crippen molar-refractivity contribution in [3.8, 4) is 11.8 Å². The van der Waals surface area contributed by atoms with E-state index >= 15 is 0 Å². The van der Waals surface area contributed by atoms with Gasteiger partial charge in [0.2, 0.25) is 11.8 Å². The highest BCUT2D eigenvalue weighted by molar-refractivity contribution is 5.55. The van der Waals surface area contributed by atoms with Gasteiger partial charge in [0.05, 0.1) is 13.2 Å². The second-order valence-electron chi connectivity index (χ2n) is 4.05. The van der Waals surface area contributed by atoms with E-state index in [1.807, 2.05) is 6.92 Å². The minimum absolute atomic E-state index is 0.320. The number of nitrogens with zero attached hydrogens (tertiary/aromatic N) is 2. The Balaban J connectivity index is 2.29. The summed E-state index contributed by atoms with van der Waals surface area (Å²) in [6.45, 7) is 4.75. The van der Waals surface area contributed by atoms with Gasteiger partial charge < -0.3 is 24.7 Å². The van der Waals surface area contributed by atoms with Crippen molar-refractivity contribution in [1.82, 2.24) is 9.97 Å². The van der Waals surface area contributed by atoms with Gasteiger partial charge in [0.1, 0.15) is 12.9 Å². The summed E-state index contributed by atoms with van der Waals surface area (Å²) in [7, 11) is 1.67. The minimum Gasteiger partial charge on any atom is -0.476 e. The maximum atomic E-state index is 5.87. The van der Waals surface area contributed by atoms with Crippen LogP contribution in [-0.4, -0.2) is 50.1 Å². The van der Waals surface area contributed by atoms with Gasteiger partial charge in [-0.05, 0) is 12.8 Å². The molecule has 0 aliphatic carbocycles. The van der Waals surface area contributed by atoms with E-state index < -0.39 is 0 Å². The Morgan fingerprint density at radius 3 is 2.35 bits per heavy atom. The number of ether oxygens (including phenoxy) is 4. The van der Waals surface area contributed by atoms with Gasteiger partial charge in [0.25, 0.3) is 0 Å². The zero-order valence-electron chi connectivity index (χ0n) is 12.1. The molecule has 7 heteroatoms. The summed E-state index contributed by atoms with van der Waals surface area (Å²) in [5, 5.41) is 0. The van der Waals surface area contributed by atoms with E-state index in [2.05, 4.69) is 9.97 Å². The molecule has 2 N–H and O–H groups in total. The highest BCUT2D eigenvalue weighted by Gasteiger charge is 2.10. The average molecular weight is 285 g/mol. The number of methoxy groups -OCH3 is 1. The summed E-state index contributed by atoms with van der Waals surface area (Å²) in [5.74, 6) is 0.685. The third kappa shape index (κ3) is 6.03. The zero-order chi connectivity index (χ0) is 14.6. The van der Waals surface area contributed by atoms with Gasteiger partial charge >= 0.3 is 0 Å². The summed E-state index contributed by atoms with van der Waals surface area (Å²) >= 11 is 0. The molecule has 0 unspecified atom stereocenters. The summed E-state index contributed by atoms with van der Waals surface area (Å²) < 4.78 is 21.1. The van der Waals surface area contributed by atoms with Crippen LogP contribution >= 0.6 is 0 Å². The van der Waals surface area contributed by atoms with Crippen LogP contribution in [0.5, 0.6) is 11.8 Å². The third-order valence-electron chi connectivity index (χ3n) is 2.36. The third-order valence-corrected chi connectivity index (χ3v) is 2.36. The average Bonchev–Trinajstić information content (AvgIpc) is 2.46. The molecular formula is C13H23N3O4. The molecule has 1 aromatic rings. The number of nitrogen functional groups attached to an aromatic ring is 1. The quantitative estimate of drug-likeness (QED) is 0.612. The predicted molar refractivity (Wildman–Crippen MR) is 75.0 cm³/mol. The van der Waals surface area contributed by atoms with Gasteiger partial charge in [-0.15, -0.1) is 0 Å². The Bertz CT molecular complexity index is 377. The first-order chi connectivity index (χ1) is 9.79. The number of anilines is 1. The van der Waals surface area contributed by atoms with E-state index in [1.165, 1.54) is 6.33 Å². The number of aromatic nitrogens is 2. The molecule has 0 atom stereocenters. The van der Waals surface area contributed by atoms with Crippen molar-refractivity contribution in [2.24, 2.45) is 0 Å². The number of rotatable bonds is 11. The molecule has 114 valence electrons. The minimum atomic E-state index is 0.320. The predicted octanol–water partition coefficient (Wildman–Crippen LogP) is 1.28. The normalized spacial score (nSPS) is 10.5. The molecule has 1 aromatic heterocycles. The van der Waals surface area contributed by atoms with Crippen molar-refractivity contribution in [3.05, 3.63) is 6.33 Å². The summed E-state index contributed by atoms with van der Waals surface area (Å²) in [5.41, 5.74) is 6.19. The van der Waals surface area contributed by atoms with Gasteiger partial charge in [0, 0.05) is 20.3 Å². The summed E-state index contributed by atoms with van der Waals surface area (Å²) in [6.07, 6.45) is 3.12. The van der Waals surface area contributed by atoms with Gasteiger partial charge in [-0.25, -0.2) is 0 Å². The van der Waals surface area contributed by atoms with Crippen LogP contribution in [0.2, 0.25) is 0 Å². The topological polar surface area (TPSA) is 88.7 Å². The van der Waals surface area contributed by atoms with Gasteiger partial charge in [0.15, 0.2) is 5.69 Å². The summed E-state index contributed by atoms with van der Waals surface area (Å²) in [4.78, 5) is 7.95. The van der Waals surface area contributed by atoms with E-state index in [4.69, 9.17) is 24.7 Å². The molecule has 0 bridgehead atoms. The Morgan fingerprint density at radius 1 is 1.00 bits per heavy atom. The number of hydrogen-bond acceptors (Lipinski definition) is 7. The maximum Gasteiger partial charge on any atom is 0.244 e. The van der Waals surface area contributed by atoms with Crippen molar-refractivity contribution in [2.75, 3.05) is 45.9 Å². The van der Waals surface area contributed by atoms with Gasteiger partial charge in [-0.2, -0.15) is 9.97 Å². The van der Waals surface area contributed by atoms with E-state index in [-0.39, 0.29) is 0 Å². The molecular weight excluding hydrogens is 262 g/mol. The highest BCUT2D eigenvalue weighted by atomic mass is 16.5. The molecule has 0 spiro atoms. The highest BCUT2D eigenvalue weighted by Crippen LogP contribution is 2.26. The molecule has 0 radical (unpaired) electrons. The molecule has 0 aromatic carbocycles. The van der Waals surface area contributed by atoms with Crippen molar-refractivity contribution < 1.29 is 18.9 Å². The van der Waals surface area contributed by atoms with Crippen LogP contribution in [0, 0.1) is 0 Å². The smallest absolute Gasteiger partial charge is 0.244 e. The lowest BCUT2D eigenvalue weighted by Crippen LogP contribution is -2.11. The second kappa shape index (κ2) is 10.2. The van der Waals surface area contributed by atoms with E-state index in [0.717, 1.165) is 12.8 Å². The zero-order valence-corrected chi connectivity index (χ0v) is 12.1. The fourth-order valence-electron chi connectivity index (χ4n) is 1.40. The Kier molecular flexibility index (Phi) is 8.41. The maximum absolute atomic E-state index is 5.87. The van der Waals surface area contributed by atoms with Crippen molar-refractivity contribution in [2.45, 2.75) is 19.8 Å². The molecule has 1 rings (SSSR count). The van der Waals surface area contributed by atoms with Crippen molar-refractivity contribution in [1.29, 1.82) is 0 Å². The fraction of sp³-hybridized carbons (Fsp3) is 0.692. The summed E-state index contributed by atoms with van der Waals surface area (Å²) in [6, 6.07) is 0. The van der Waals surface area contributed by atoms with Gasteiger partial charge in [-0.3, -0.25) is 0 Å². The van der Waals surface area contributed by atoms with Crippen LogP contribution in [0.1, 0.15) is 19.8 Å². The van der Waals surface area contributed by atoms with Crippen molar-refractivity contribution in [3.63, 3.8) is 0 Å². The first kappa shape index (κ1) is 16.5. The van der Waals surface area contributed by atoms with Crippen LogP contribution in [0.15, 0.2) is 6.33 Å². The first-order valence-electron chi connectivity index (χ1n) is 6.72.